The van der Waals surface area contributed by atoms with Crippen molar-refractivity contribution in [1.29, 1.82) is 0 Å². The highest BCUT2D eigenvalue weighted by molar-refractivity contribution is 5.94. The van der Waals surface area contributed by atoms with Gasteiger partial charge in [0.05, 0.1) is 0 Å². The summed E-state index contributed by atoms with van der Waals surface area (Å²) < 4.78 is 1.76. The molecule has 0 saturated heterocycles. The number of aromatic nitrogens is 2. The minimum atomic E-state index is 0.0759. The van der Waals surface area contributed by atoms with Crippen LogP contribution in [0.2, 0.25) is 0 Å². The third-order valence-corrected chi connectivity index (χ3v) is 3.72. The summed E-state index contributed by atoms with van der Waals surface area (Å²) >= 11 is 0. The van der Waals surface area contributed by atoms with Gasteiger partial charge >= 0.3 is 0 Å². The Morgan fingerprint density at radius 2 is 2.11 bits per heavy atom. The van der Waals surface area contributed by atoms with E-state index in [1.54, 1.807) is 4.68 Å². The highest BCUT2D eigenvalue weighted by Crippen LogP contribution is 2.47. The Kier molecular flexibility index (Phi) is 2.85. The molecule has 4 nitrogen and oxygen atoms in total. The maximum absolute atomic E-state index is 12.1. The first-order chi connectivity index (χ1) is 9.15. The Bertz CT molecular complexity index is 584. The maximum Gasteiger partial charge on any atom is 0.229 e. The van der Waals surface area contributed by atoms with Crippen LogP contribution in [0.15, 0.2) is 36.4 Å². The number of amides is 1. The average molecular weight is 255 g/mol. The number of hydrogen-bond acceptors (Lipinski definition) is 2. The fraction of sp³-hybridized carbons (Fsp3) is 0.333. The number of nitrogens with zero attached hydrogens (tertiary/aromatic N) is 2. The maximum atomic E-state index is 12.1. The molecule has 4 heteroatoms. The molecule has 1 aliphatic carbocycles. The molecule has 1 amide bonds. The summed E-state index contributed by atoms with van der Waals surface area (Å²) in [4.78, 5) is 12.1. The molecule has 0 radical (unpaired) electrons. The van der Waals surface area contributed by atoms with Gasteiger partial charge in [-0.2, -0.15) is 5.10 Å². The fourth-order valence-corrected chi connectivity index (χ4v) is 2.39. The van der Waals surface area contributed by atoms with Crippen LogP contribution in [0.3, 0.4) is 0 Å². The summed E-state index contributed by atoms with van der Waals surface area (Å²) in [5.41, 5.74) is 2.28. The first-order valence-electron chi connectivity index (χ1n) is 6.51. The molecule has 1 N–H and O–H groups in total. The summed E-state index contributed by atoms with van der Waals surface area (Å²) in [7, 11) is 1.87. The molecule has 1 saturated carbocycles. The van der Waals surface area contributed by atoms with E-state index in [-0.39, 0.29) is 11.8 Å². The molecular formula is C15H17N3O. The second kappa shape index (κ2) is 4.53. The van der Waals surface area contributed by atoms with Crippen LogP contribution in [-0.2, 0) is 11.8 Å². The van der Waals surface area contributed by atoms with Crippen LogP contribution < -0.4 is 5.32 Å². The zero-order chi connectivity index (χ0) is 13.4. The highest BCUT2D eigenvalue weighted by Gasteiger charge is 2.43. The number of carbonyl (C=O) groups is 1. The van der Waals surface area contributed by atoms with Crippen LogP contribution in [0.4, 0.5) is 5.82 Å². The van der Waals surface area contributed by atoms with E-state index in [1.165, 1.54) is 5.56 Å². The van der Waals surface area contributed by atoms with E-state index in [0.717, 1.165) is 12.1 Å². The SMILES string of the molecule is Cc1cc(NC(=O)[C@H]2C[C@H]2c2ccccc2)nn1C. The van der Waals surface area contributed by atoms with Gasteiger partial charge in [0.1, 0.15) is 0 Å². The normalized spacial score (nSPS) is 21.2. The third-order valence-electron chi connectivity index (χ3n) is 3.72. The van der Waals surface area contributed by atoms with E-state index in [4.69, 9.17) is 0 Å². The fourth-order valence-electron chi connectivity index (χ4n) is 2.39. The van der Waals surface area contributed by atoms with Gasteiger partial charge in [-0.15, -0.1) is 0 Å². The molecule has 1 fully saturated rings. The zero-order valence-corrected chi connectivity index (χ0v) is 11.1. The molecule has 98 valence electrons. The van der Waals surface area contributed by atoms with Gasteiger partial charge in [0, 0.05) is 24.7 Å². The molecule has 1 aliphatic rings. The third kappa shape index (κ3) is 2.38. The number of nitrogens with one attached hydrogen (secondary N) is 1. The summed E-state index contributed by atoms with van der Waals surface area (Å²) in [6.45, 7) is 1.96. The predicted octanol–water partition coefficient (Wildman–Crippen LogP) is 2.47. The monoisotopic (exact) mass is 255 g/mol. The molecule has 0 bridgehead atoms. The van der Waals surface area contributed by atoms with Crippen molar-refractivity contribution in [3.8, 4) is 0 Å². The van der Waals surface area contributed by atoms with E-state index >= 15 is 0 Å². The number of carbonyl (C=O) groups excluding carboxylic acids is 1. The summed E-state index contributed by atoms with van der Waals surface area (Å²) in [5.74, 6) is 1.17. The van der Waals surface area contributed by atoms with Gasteiger partial charge in [-0.3, -0.25) is 9.48 Å². The lowest BCUT2D eigenvalue weighted by atomic mass is 10.1. The Morgan fingerprint density at radius 3 is 2.74 bits per heavy atom. The molecule has 1 heterocycles. The molecule has 19 heavy (non-hydrogen) atoms. The van der Waals surface area contributed by atoms with Crippen molar-refractivity contribution in [3.05, 3.63) is 47.7 Å². The topological polar surface area (TPSA) is 46.9 Å². The number of rotatable bonds is 3. The van der Waals surface area contributed by atoms with Gasteiger partial charge in [-0.1, -0.05) is 30.3 Å². The van der Waals surface area contributed by atoms with Crippen LogP contribution in [0.5, 0.6) is 0 Å². The minimum Gasteiger partial charge on any atom is -0.309 e. The largest absolute Gasteiger partial charge is 0.309 e. The molecule has 1 aromatic carbocycles. The molecule has 1 aromatic heterocycles. The van der Waals surface area contributed by atoms with Crippen LogP contribution in [0, 0.1) is 12.8 Å². The number of anilines is 1. The van der Waals surface area contributed by atoms with E-state index < -0.39 is 0 Å². The first-order valence-corrected chi connectivity index (χ1v) is 6.51. The molecule has 0 unspecified atom stereocenters. The van der Waals surface area contributed by atoms with Gasteiger partial charge in [0.25, 0.3) is 0 Å². The summed E-state index contributed by atoms with van der Waals surface area (Å²) in [6.07, 6.45) is 0.932. The van der Waals surface area contributed by atoms with Crippen LogP contribution in [0.1, 0.15) is 23.6 Å². The Balaban J connectivity index is 1.64. The second-order valence-electron chi connectivity index (χ2n) is 5.14. The van der Waals surface area contributed by atoms with Gasteiger partial charge in [0.15, 0.2) is 5.82 Å². The smallest absolute Gasteiger partial charge is 0.229 e. The van der Waals surface area contributed by atoms with Crippen molar-refractivity contribution in [3.63, 3.8) is 0 Å². The van der Waals surface area contributed by atoms with Crippen molar-refractivity contribution in [2.75, 3.05) is 5.32 Å². The number of aryl methyl sites for hydroxylation is 2. The second-order valence-corrected chi connectivity index (χ2v) is 5.14. The summed E-state index contributed by atoms with van der Waals surface area (Å²) in [5, 5.41) is 7.14. The van der Waals surface area contributed by atoms with Crippen LogP contribution in [0.25, 0.3) is 0 Å². The molecular weight excluding hydrogens is 238 g/mol. The number of benzene rings is 1. The lowest BCUT2D eigenvalue weighted by Crippen LogP contribution is -2.15. The molecule has 0 aliphatic heterocycles. The number of hydrogen-bond donors (Lipinski definition) is 1. The Morgan fingerprint density at radius 1 is 1.37 bits per heavy atom. The van der Waals surface area contributed by atoms with E-state index in [1.807, 2.05) is 38.2 Å². The van der Waals surface area contributed by atoms with E-state index in [0.29, 0.717) is 11.7 Å². The van der Waals surface area contributed by atoms with Gasteiger partial charge in [0.2, 0.25) is 5.91 Å². The van der Waals surface area contributed by atoms with Gasteiger partial charge in [-0.25, -0.2) is 0 Å². The van der Waals surface area contributed by atoms with E-state index in [2.05, 4.69) is 22.5 Å². The van der Waals surface area contributed by atoms with Crippen LogP contribution >= 0.6 is 0 Å². The molecule has 0 spiro atoms. The predicted molar refractivity (Wildman–Crippen MR) is 73.9 cm³/mol. The van der Waals surface area contributed by atoms with Crippen molar-refractivity contribution in [2.24, 2.45) is 13.0 Å². The lowest BCUT2D eigenvalue weighted by molar-refractivity contribution is -0.117. The van der Waals surface area contributed by atoms with Crippen molar-refractivity contribution in [2.45, 2.75) is 19.3 Å². The zero-order valence-electron chi connectivity index (χ0n) is 11.1. The Labute approximate surface area is 112 Å². The standard InChI is InChI=1S/C15H17N3O/c1-10-8-14(17-18(10)2)16-15(19)13-9-12(13)11-6-4-3-5-7-11/h3-8,12-13H,9H2,1-2H3,(H,16,17,19)/t12-,13-/m0/s1. The Hall–Kier alpha value is -2.10. The first kappa shape index (κ1) is 12.0. The average Bonchev–Trinajstić information content (AvgIpc) is 3.14. The van der Waals surface area contributed by atoms with Gasteiger partial charge < -0.3 is 5.32 Å². The van der Waals surface area contributed by atoms with Gasteiger partial charge in [-0.05, 0) is 24.8 Å². The highest BCUT2D eigenvalue weighted by atomic mass is 16.2. The van der Waals surface area contributed by atoms with Crippen molar-refractivity contribution in [1.82, 2.24) is 9.78 Å². The van der Waals surface area contributed by atoms with Crippen molar-refractivity contribution >= 4 is 11.7 Å². The van der Waals surface area contributed by atoms with Crippen molar-refractivity contribution < 1.29 is 4.79 Å². The molecule has 3 rings (SSSR count). The van der Waals surface area contributed by atoms with Crippen LogP contribution in [-0.4, -0.2) is 15.7 Å². The minimum absolute atomic E-state index is 0.0759. The van der Waals surface area contributed by atoms with E-state index in [9.17, 15) is 4.79 Å². The molecule has 2 atom stereocenters. The quantitative estimate of drug-likeness (QED) is 0.915. The lowest BCUT2D eigenvalue weighted by Gasteiger charge is -2.01. The summed E-state index contributed by atoms with van der Waals surface area (Å²) in [6, 6.07) is 12.1. The molecule has 2 aromatic rings.